The first kappa shape index (κ1) is 17.0. The zero-order valence-corrected chi connectivity index (χ0v) is 13.9. The Labute approximate surface area is 129 Å². The zero-order valence-electron chi connectivity index (χ0n) is 12.3. The van der Waals surface area contributed by atoms with Gasteiger partial charge >= 0.3 is 0 Å². The molecule has 0 aliphatic heterocycles. The third-order valence-corrected chi connectivity index (χ3v) is 3.85. The molecule has 1 aromatic rings. The van der Waals surface area contributed by atoms with E-state index in [1.807, 2.05) is 0 Å². The van der Waals surface area contributed by atoms with Gasteiger partial charge in [0.15, 0.2) is 17.8 Å². The van der Waals surface area contributed by atoms with Crippen LogP contribution in [0, 0.1) is 0 Å². The summed E-state index contributed by atoms with van der Waals surface area (Å²) in [5.74, 6) is 1.28. The minimum Gasteiger partial charge on any atom is -0.493 e. The molecule has 0 fully saturated rings. The maximum Gasteiger partial charge on any atom is 0.162 e. The second kappa shape index (κ2) is 9.81. The molecule has 0 aromatic heterocycles. The average molecular weight is 343 g/mol. The van der Waals surface area contributed by atoms with Crippen LogP contribution >= 0.6 is 15.9 Å². The molecule has 112 valence electrons. The number of hydrogen-bond acceptors (Lipinski definition) is 3. The van der Waals surface area contributed by atoms with E-state index in [1.165, 1.54) is 32.1 Å². The third-order valence-electron chi connectivity index (χ3n) is 3.17. The van der Waals surface area contributed by atoms with Gasteiger partial charge in [0.1, 0.15) is 0 Å². The Morgan fingerprint density at radius 2 is 1.80 bits per heavy atom. The minimum atomic E-state index is 0.564. The lowest BCUT2D eigenvalue weighted by Crippen LogP contribution is -2.00. The summed E-state index contributed by atoms with van der Waals surface area (Å²) in [5.41, 5.74) is 0.564. The van der Waals surface area contributed by atoms with Gasteiger partial charge in [-0.2, -0.15) is 0 Å². The van der Waals surface area contributed by atoms with Crippen molar-refractivity contribution in [2.75, 3.05) is 13.7 Å². The smallest absolute Gasteiger partial charge is 0.162 e. The van der Waals surface area contributed by atoms with Crippen LogP contribution < -0.4 is 9.47 Å². The van der Waals surface area contributed by atoms with Crippen LogP contribution in [0.5, 0.6) is 11.5 Å². The van der Waals surface area contributed by atoms with Crippen molar-refractivity contribution in [1.82, 2.24) is 0 Å². The lowest BCUT2D eigenvalue weighted by Gasteiger charge is -2.12. The summed E-state index contributed by atoms with van der Waals surface area (Å²) in [6.07, 6.45) is 8.18. The number of aldehydes is 1. The highest BCUT2D eigenvalue weighted by Gasteiger charge is 2.09. The highest BCUT2D eigenvalue weighted by atomic mass is 79.9. The number of rotatable bonds is 10. The van der Waals surface area contributed by atoms with Gasteiger partial charge in [0.2, 0.25) is 0 Å². The molecule has 0 radical (unpaired) electrons. The summed E-state index contributed by atoms with van der Waals surface area (Å²) in [6.45, 7) is 2.89. The first-order valence-electron chi connectivity index (χ1n) is 7.18. The van der Waals surface area contributed by atoms with Crippen molar-refractivity contribution >= 4 is 22.2 Å². The van der Waals surface area contributed by atoms with Crippen LogP contribution in [0.15, 0.2) is 16.6 Å². The van der Waals surface area contributed by atoms with Gasteiger partial charge in [-0.05, 0) is 34.5 Å². The average Bonchev–Trinajstić information content (AvgIpc) is 2.46. The fourth-order valence-electron chi connectivity index (χ4n) is 1.98. The molecule has 0 atom stereocenters. The summed E-state index contributed by atoms with van der Waals surface area (Å²) >= 11 is 3.35. The number of methoxy groups -OCH3 is 1. The highest BCUT2D eigenvalue weighted by Crippen LogP contribution is 2.33. The van der Waals surface area contributed by atoms with Crippen molar-refractivity contribution in [1.29, 1.82) is 0 Å². The molecule has 1 rings (SSSR count). The Morgan fingerprint density at radius 3 is 2.45 bits per heavy atom. The van der Waals surface area contributed by atoms with Crippen molar-refractivity contribution < 1.29 is 14.3 Å². The van der Waals surface area contributed by atoms with Gasteiger partial charge in [-0.15, -0.1) is 0 Å². The summed E-state index contributed by atoms with van der Waals surface area (Å²) < 4.78 is 11.7. The molecule has 4 heteroatoms. The predicted molar refractivity (Wildman–Crippen MR) is 85.0 cm³/mol. The number of benzene rings is 1. The molecular weight excluding hydrogens is 320 g/mol. The van der Waals surface area contributed by atoms with E-state index in [4.69, 9.17) is 9.47 Å². The van der Waals surface area contributed by atoms with Crippen molar-refractivity contribution in [2.45, 2.75) is 45.4 Å². The summed E-state index contributed by atoms with van der Waals surface area (Å²) in [7, 11) is 1.58. The van der Waals surface area contributed by atoms with Crippen molar-refractivity contribution in [3.8, 4) is 11.5 Å². The van der Waals surface area contributed by atoms with E-state index >= 15 is 0 Å². The number of unbranched alkanes of at least 4 members (excludes halogenated alkanes) is 5. The Kier molecular flexibility index (Phi) is 8.35. The lowest BCUT2D eigenvalue weighted by molar-refractivity contribution is 0.112. The Bertz CT molecular complexity index is 418. The minimum absolute atomic E-state index is 0.564. The molecule has 0 bridgehead atoms. The van der Waals surface area contributed by atoms with E-state index in [1.54, 1.807) is 19.2 Å². The van der Waals surface area contributed by atoms with Crippen LogP contribution in [0.25, 0.3) is 0 Å². The van der Waals surface area contributed by atoms with E-state index < -0.39 is 0 Å². The van der Waals surface area contributed by atoms with Crippen LogP contribution in [0.1, 0.15) is 55.8 Å². The Morgan fingerprint density at radius 1 is 1.10 bits per heavy atom. The number of halogens is 1. The molecule has 0 aliphatic carbocycles. The van der Waals surface area contributed by atoms with Crippen molar-refractivity contribution in [3.05, 3.63) is 22.2 Å². The van der Waals surface area contributed by atoms with Gasteiger partial charge in [0.05, 0.1) is 13.7 Å². The highest BCUT2D eigenvalue weighted by molar-refractivity contribution is 9.10. The van der Waals surface area contributed by atoms with Crippen LogP contribution in [0.3, 0.4) is 0 Å². The second-order valence-corrected chi connectivity index (χ2v) is 5.61. The van der Waals surface area contributed by atoms with Gasteiger partial charge < -0.3 is 9.47 Å². The topological polar surface area (TPSA) is 35.5 Å². The first-order chi connectivity index (χ1) is 9.72. The normalized spacial score (nSPS) is 10.3. The number of carbonyl (C=O) groups excluding carboxylic acids is 1. The lowest BCUT2D eigenvalue weighted by atomic mass is 10.1. The number of ether oxygens (including phenoxy) is 2. The fourth-order valence-corrected chi connectivity index (χ4v) is 2.39. The van der Waals surface area contributed by atoms with E-state index in [0.717, 1.165) is 17.2 Å². The molecule has 0 saturated heterocycles. The van der Waals surface area contributed by atoms with Crippen LogP contribution in [-0.4, -0.2) is 20.0 Å². The molecule has 0 aliphatic rings. The van der Waals surface area contributed by atoms with Gasteiger partial charge in [-0.25, -0.2) is 0 Å². The monoisotopic (exact) mass is 342 g/mol. The standard InChI is InChI=1S/C16H23BrO3/c1-3-4-5-6-7-8-9-20-16-11-14(17)13(12-18)10-15(16)19-2/h10-12H,3-9H2,1-2H3. The molecular formula is C16H23BrO3. The molecule has 0 heterocycles. The Hall–Kier alpha value is -1.03. The molecule has 20 heavy (non-hydrogen) atoms. The molecule has 0 N–H and O–H groups in total. The molecule has 3 nitrogen and oxygen atoms in total. The van der Waals surface area contributed by atoms with Crippen molar-refractivity contribution in [2.24, 2.45) is 0 Å². The van der Waals surface area contributed by atoms with E-state index in [-0.39, 0.29) is 0 Å². The van der Waals surface area contributed by atoms with Crippen LogP contribution in [-0.2, 0) is 0 Å². The largest absolute Gasteiger partial charge is 0.493 e. The molecule has 0 spiro atoms. The maximum atomic E-state index is 10.9. The predicted octanol–water partition coefficient (Wildman–Crippen LogP) is 5.01. The second-order valence-electron chi connectivity index (χ2n) is 4.76. The van der Waals surface area contributed by atoms with Crippen LogP contribution in [0.4, 0.5) is 0 Å². The zero-order chi connectivity index (χ0) is 14.8. The fraction of sp³-hybridized carbons (Fsp3) is 0.562. The Balaban J connectivity index is 2.43. The number of hydrogen-bond donors (Lipinski definition) is 0. The quantitative estimate of drug-likeness (QED) is 0.442. The van der Waals surface area contributed by atoms with E-state index in [0.29, 0.717) is 23.7 Å². The summed E-state index contributed by atoms with van der Waals surface area (Å²) in [5, 5.41) is 0. The van der Waals surface area contributed by atoms with Crippen molar-refractivity contribution in [3.63, 3.8) is 0 Å². The van der Waals surface area contributed by atoms with Gasteiger partial charge in [0, 0.05) is 10.0 Å². The summed E-state index contributed by atoms with van der Waals surface area (Å²) in [4.78, 5) is 10.9. The molecule has 0 saturated carbocycles. The number of carbonyl (C=O) groups is 1. The van der Waals surface area contributed by atoms with E-state index in [2.05, 4.69) is 22.9 Å². The molecule has 0 amide bonds. The molecule has 1 aromatic carbocycles. The maximum absolute atomic E-state index is 10.9. The SMILES string of the molecule is CCCCCCCCOc1cc(Br)c(C=O)cc1OC. The van der Waals surface area contributed by atoms with Gasteiger partial charge in [-0.1, -0.05) is 39.0 Å². The third kappa shape index (κ3) is 5.53. The van der Waals surface area contributed by atoms with Gasteiger partial charge in [0.25, 0.3) is 0 Å². The molecule has 0 unspecified atom stereocenters. The van der Waals surface area contributed by atoms with Gasteiger partial charge in [-0.3, -0.25) is 4.79 Å². The first-order valence-corrected chi connectivity index (χ1v) is 7.97. The van der Waals surface area contributed by atoms with Crippen LogP contribution in [0.2, 0.25) is 0 Å². The van der Waals surface area contributed by atoms with E-state index in [9.17, 15) is 4.79 Å². The summed E-state index contributed by atoms with van der Waals surface area (Å²) in [6, 6.07) is 3.48.